The van der Waals surface area contributed by atoms with Crippen LogP contribution in [0.4, 0.5) is 0 Å². The molecule has 1 aliphatic rings. The Labute approximate surface area is 131 Å². The van der Waals surface area contributed by atoms with Gasteiger partial charge in [-0.1, -0.05) is 23.2 Å². The van der Waals surface area contributed by atoms with Gasteiger partial charge in [0.25, 0.3) is 5.91 Å². The fourth-order valence-corrected chi connectivity index (χ4v) is 4.11. The first-order valence-corrected chi connectivity index (χ1v) is 8.11. The molecule has 1 fully saturated rings. The van der Waals surface area contributed by atoms with Crippen LogP contribution in [0.25, 0.3) is 10.1 Å². The van der Waals surface area contributed by atoms with E-state index in [2.05, 4.69) is 10.6 Å². The molecule has 106 valence electrons. The van der Waals surface area contributed by atoms with Crippen LogP contribution in [-0.4, -0.2) is 25.0 Å². The zero-order valence-electron chi connectivity index (χ0n) is 10.7. The second kappa shape index (κ2) is 5.90. The van der Waals surface area contributed by atoms with Crippen LogP contribution < -0.4 is 10.6 Å². The zero-order chi connectivity index (χ0) is 14.1. The fraction of sp³-hybridized carbons (Fsp3) is 0.357. The molecule has 2 N–H and O–H groups in total. The molecule has 3 nitrogen and oxygen atoms in total. The Kier molecular flexibility index (Phi) is 4.17. The highest BCUT2D eigenvalue weighted by Crippen LogP contribution is 2.34. The van der Waals surface area contributed by atoms with Gasteiger partial charge in [0.1, 0.15) is 0 Å². The summed E-state index contributed by atoms with van der Waals surface area (Å²) in [5, 5.41) is 8.41. The van der Waals surface area contributed by atoms with Gasteiger partial charge in [0, 0.05) is 27.7 Å². The number of piperidine rings is 1. The van der Waals surface area contributed by atoms with E-state index < -0.39 is 0 Å². The van der Waals surface area contributed by atoms with Gasteiger partial charge in [-0.3, -0.25) is 4.79 Å². The number of rotatable bonds is 2. The molecular weight excluding hydrogens is 315 g/mol. The van der Waals surface area contributed by atoms with E-state index in [9.17, 15) is 4.79 Å². The predicted molar refractivity (Wildman–Crippen MR) is 85.2 cm³/mol. The molecule has 1 saturated heterocycles. The van der Waals surface area contributed by atoms with Gasteiger partial charge in [-0.25, -0.2) is 0 Å². The largest absolute Gasteiger partial charge is 0.347 e. The summed E-state index contributed by atoms with van der Waals surface area (Å²) in [7, 11) is 0. The van der Waals surface area contributed by atoms with E-state index in [1.165, 1.54) is 11.3 Å². The maximum Gasteiger partial charge on any atom is 0.261 e. The number of halogens is 2. The van der Waals surface area contributed by atoms with Crippen LogP contribution in [0.5, 0.6) is 0 Å². The summed E-state index contributed by atoms with van der Waals surface area (Å²) >= 11 is 13.6. The normalized spacial score (nSPS) is 19.2. The molecule has 0 saturated carbocycles. The van der Waals surface area contributed by atoms with E-state index in [0.29, 0.717) is 14.9 Å². The Morgan fingerprint density at radius 2 is 2.20 bits per heavy atom. The highest BCUT2D eigenvalue weighted by atomic mass is 35.5. The lowest BCUT2D eigenvalue weighted by Crippen LogP contribution is -2.45. The van der Waals surface area contributed by atoms with Crippen molar-refractivity contribution in [3.8, 4) is 0 Å². The molecule has 1 amide bonds. The first kappa shape index (κ1) is 14.1. The lowest BCUT2D eigenvalue weighted by Gasteiger charge is -2.23. The molecule has 1 aromatic carbocycles. The molecule has 6 heteroatoms. The maximum absolute atomic E-state index is 12.3. The van der Waals surface area contributed by atoms with Gasteiger partial charge in [-0.05, 0) is 37.6 Å². The van der Waals surface area contributed by atoms with E-state index in [-0.39, 0.29) is 11.9 Å². The van der Waals surface area contributed by atoms with E-state index in [1.807, 2.05) is 12.1 Å². The summed E-state index contributed by atoms with van der Waals surface area (Å²) in [4.78, 5) is 12.9. The van der Waals surface area contributed by atoms with Crippen molar-refractivity contribution in [3.05, 3.63) is 33.1 Å². The van der Waals surface area contributed by atoms with Crippen molar-refractivity contribution in [2.24, 2.45) is 0 Å². The van der Waals surface area contributed by atoms with Crippen molar-refractivity contribution in [2.45, 2.75) is 18.9 Å². The van der Waals surface area contributed by atoms with Crippen LogP contribution in [0.1, 0.15) is 22.5 Å². The Morgan fingerprint density at radius 1 is 1.35 bits per heavy atom. The molecule has 2 heterocycles. The van der Waals surface area contributed by atoms with Crippen LogP contribution in [0.2, 0.25) is 10.0 Å². The molecule has 1 atom stereocenters. The molecule has 20 heavy (non-hydrogen) atoms. The highest BCUT2D eigenvalue weighted by Gasteiger charge is 2.18. The van der Waals surface area contributed by atoms with E-state index in [0.717, 1.165) is 36.0 Å². The van der Waals surface area contributed by atoms with E-state index >= 15 is 0 Å². The van der Waals surface area contributed by atoms with Crippen LogP contribution in [0, 0.1) is 0 Å². The number of nitrogens with one attached hydrogen (secondary N) is 2. The summed E-state index contributed by atoms with van der Waals surface area (Å²) < 4.78 is 0.939. The molecule has 2 aromatic rings. The summed E-state index contributed by atoms with van der Waals surface area (Å²) in [6.45, 7) is 1.87. The van der Waals surface area contributed by atoms with Crippen LogP contribution in [-0.2, 0) is 0 Å². The summed E-state index contributed by atoms with van der Waals surface area (Å²) in [6.07, 6.45) is 2.12. The molecule has 3 rings (SSSR count). The number of fused-ring (bicyclic) bond motifs is 1. The van der Waals surface area contributed by atoms with Crippen LogP contribution in [0.3, 0.4) is 0 Å². The van der Waals surface area contributed by atoms with Gasteiger partial charge >= 0.3 is 0 Å². The molecule has 0 spiro atoms. The van der Waals surface area contributed by atoms with E-state index in [4.69, 9.17) is 23.2 Å². The van der Waals surface area contributed by atoms with Crippen LogP contribution in [0.15, 0.2) is 18.2 Å². The smallest absolute Gasteiger partial charge is 0.261 e. The minimum absolute atomic E-state index is 0.0351. The second-order valence-electron chi connectivity index (χ2n) is 4.93. The standard InChI is InChI=1S/C14H14Cl2N2OS/c15-8-4-11(16)10-6-13(20-12(10)5-8)14(19)18-9-2-1-3-17-7-9/h4-6,9,17H,1-3,7H2,(H,18,19)/t9-/m1/s1. The number of carbonyl (C=O) groups is 1. The van der Waals surface area contributed by atoms with Gasteiger partial charge in [0.05, 0.1) is 9.90 Å². The molecule has 0 radical (unpaired) electrons. The zero-order valence-corrected chi connectivity index (χ0v) is 13.0. The summed E-state index contributed by atoms with van der Waals surface area (Å²) in [5.41, 5.74) is 0. The van der Waals surface area contributed by atoms with Gasteiger partial charge < -0.3 is 10.6 Å². The fourth-order valence-electron chi connectivity index (χ4n) is 2.41. The van der Waals surface area contributed by atoms with Gasteiger partial charge in [-0.15, -0.1) is 11.3 Å². The second-order valence-corrected chi connectivity index (χ2v) is 6.85. The molecular formula is C14H14Cl2N2OS. The van der Waals surface area contributed by atoms with Crippen LogP contribution >= 0.6 is 34.5 Å². The predicted octanol–water partition coefficient (Wildman–Crippen LogP) is 3.69. The third-order valence-corrected chi connectivity index (χ3v) is 5.02. The van der Waals surface area contributed by atoms with Crippen molar-refractivity contribution >= 4 is 50.5 Å². The Hall–Kier alpha value is -0.810. The number of benzene rings is 1. The summed E-state index contributed by atoms with van der Waals surface area (Å²) in [5.74, 6) is -0.0351. The average Bonchev–Trinajstić information content (AvgIpc) is 2.84. The number of amides is 1. The monoisotopic (exact) mass is 328 g/mol. The topological polar surface area (TPSA) is 41.1 Å². The number of thiophene rings is 1. The molecule has 0 aliphatic carbocycles. The SMILES string of the molecule is O=C(N[C@@H]1CCCNC1)c1cc2c(Cl)cc(Cl)cc2s1. The number of carbonyl (C=O) groups excluding carboxylic acids is 1. The minimum Gasteiger partial charge on any atom is -0.347 e. The van der Waals surface area contributed by atoms with Crippen molar-refractivity contribution in [1.82, 2.24) is 10.6 Å². The third kappa shape index (κ3) is 2.93. The molecule has 0 bridgehead atoms. The molecule has 1 aromatic heterocycles. The number of hydrogen-bond donors (Lipinski definition) is 2. The average molecular weight is 329 g/mol. The van der Waals surface area contributed by atoms with Crippen molar-refractivity contribution in [2.75, 3.05) is 13.1 Å². The van der Waals surface area contributed by atoms with Crippen molar-refractivity contribution in [3.63, 3.8) is 0 Å². The summed E-state index contributed by atoms with van der Waals surface area (Å²) in [6, 6.07) is 5.59. The lowest BCUT2D eigenvalue weighted by atomic mass is 10.1. The van der Waals surface area contributed by atoms with Gasteiger partial charge in [-0.2, -0.15) is 0 Å². The maximum atomic E-state index is 12.3. The Balaban J connectivity index is 1.82. The number of hydrogen-bond acceptors (Lipinski definition) is 3. The lowest BCUT2D eigenvalue weighted by molar-refractivity contribution is 0.0935. The van der Waals surface area contributed by atoms with Crippen molar-refractivity contribution < 1.29 is 4.79 Å². The van der Waals surface area contributed by atoms with E-state index in [1.54, 1.807) is 6.07 Å². The third-order valence-electron chi connectivity index (χ3n) is 3.41. The Bertz CT molecular complexity index is 650. The minimum atomic E-state index is -0.0351. The van der Waals surface area contributed by atoms with Crippen molar-refractivity contribution in [1.29, 1.82) is 0 Å². The molecule has 1 aliphatic heterocycles. The quantitative estimate of drug-likeness (QED) is 0.882. The first-order chi connectivity index (χ1) is 9.63. The first-order valence-electron chi connectivity index (χ1n) is 6.53. The highest BCUT2D eigenvalue weighted by molar-refractivity contribution is 7.21. The van der Waals surface area contributed by atoms with Gasteiger partial charge in [0.2, 0.25) is 0 Å². The Morgan fingerprint density at radius 3 is 2.95 bits per heavy atom. The van der Waals surface area contributed by atoms with Gasteiger partial charge in [0.15, 0.2) is 0 Å². The molecule has 0 unspecified atom stereocenters.